The molecule has 5 nitrogen and oxygen atoms in total. The van der Waals surface area contributed by atoms with Gasteiger partial charge in [-0.15, -0.1) is 0 Å². The van der Waals surface area contributed by atoms with E-state index >= 15 is 0 Å². The van der Waals surface area contributed by atoms with Crippen LogP contribution in [0.3, 0.4) is 0 Å². The summed E-state index contributed by atoms with van der Waals surface area (Å²) in [6.07, 6.45) is 8.31. The van der Waals surface area contributed by atoms with Gasteiger partial charge in [-0.05, 0) is 51.5 Å². The summed E-state index contributed by atoms with van der Waals surface area (Å²) in [5.74, 6) is 0. The molecule has 0 N–H and O–H groups in total. The molecule has 2 rings (SSSR count). The Morgan fingerprint density at radius 2 is 1.92 bits per heavy atom. The number of nitrogens with zero attached hydrogens (tertiary/aromatic N) is 5. The average molecular weight is 351 g/mol. The Kier molecular flexibility index (Phi) is 7.96. The molecule has 5 heteroatoms. The van der Waals surface area contributed by atoms with E-state index in [2.05, 4.69) is 76.4 Å². The molecule has 0 radical (unpaired) electrons. The highest BCUT2D eigenvalue weighted by Gasteiger charge is 2.14. The van der Waals surface area contributed by atoms with Gasteiger partial charge >= 0.3 is 0 Å². The number of hydrogen-bond acceptors (Lipinski definition) is 5. The van der Waals surface area contributed by atoms with Gasteiger partial charge in [0.1, 0.15) is 0 Å². The summed E-state index contributed by atoms with van der Waals surface area (Å²) in [6, 6.07) is 8.53. The Morgan fingerprint density at radius 3 is 2.54 bits per heavy atom. The molecule has 0 bridgehead atoms. The molecule has 0 spiro atoms. The minimum absolute atomic E-state index is 0.833. The standard InChI is InChI=1S/C21H29N5/c1-5-7-19(24-13-12-22-2)16-21(23-3)18-8-10-20(11-9-18)26-15-6-14-25(4)17-26/h8-13,16H,2-3,5-7,14-15,17H2,1,4H3/b13-12-,21-16-,24-19-. The van der Waals surface area contributed by atoms with E-state index in [1.165, 1.54) is 12.1 Å². The molecule has 1 fully saturated rings. The summed E-state index contributed by atoms with van der Waals surface area (Å²) in [4.78, 5) is 17.1. The fourth-order valence-electron chi connectivity index (χ4n) is 3.00. The van der Waals surface area contributed by atoms with Crippen LogP contribution in [-0.2, 0) is 0 Å². The Labute approximate surface area is 157 Å². The highest BCUT2D eigenvalue weighted by molar-refractivity contribution is 6.01. The van der Waals surface area contributed by atoms with Crippen LogP contribution in [0.5, 0.6) is 0 Å². The van der Waals surface area contributed by atoms with Crippen LogP contribution in [0.25, 0.3) is 5.70 Å². The van der Waals surface area contributed by atoms with E-state index in [4.69, 9.17) is 0 Å². The Hall–Kier alpha value is -2.53. The van der Waals surface area contributed by atoms with Crippen LogP contribution >= 0.6 is 0 Å². The molecule has 1 heterocycles. The number of benzene rings is 1. The first-order valence-electron chi connectivity index (χ1n) is 9.07. The Bertz CT molecular complexity index is 685. The van der Waals surface area contributed by atoms with Crippen molar-refractivity contribution in [3.63, 3.8) is 0 Å². The van der Waals surface area contributed by atoms with Crippen molar-refractivity contribution in [2.45, 2.75) is 26.2 Å². The van der Waals surface area contributed by atoms with Crippen molar-refractivity contribution >= 4 is 30.5 Å². The zero-order chi connectivity index (χ0) is 18.8. The van der Waals surface area contributed by atoms with Gasteiger partial charge in [0.15, 0.2) is 0 Å². The van der Waals surface area contributed by atoms with E-state index in [9.17, 15) is 0 Å². The molecule has 0 aliphatic carbocycles. The lowest BCUT2D eigenvalue weighted by Gasteiger charge is -2.34. The molecular weight excluding hydrogens is 322 g/mol. The van der Waals surface area contributed by atoms with Gasteiger partial charge in [0.05, 0.1) is 12.4 Å². The van der Waals surface area contributed by atoms with Crippen molar-refractivity contribution in [1.82, 2.24) is 4.90 Å². The van der Waals surface area contributed by atoms with Crippen molar-refractivity contribution in [2.75, 3.05) is 31.7 Å². The Balaban J connectivity index is 2.20. The summed E-state index contributed by atoms with van der Waals surface area (Å²) in [5, 5.41) is 0. The number of anilines is 1. The van der Waals surface area contributed by atoms with Gasteiger partial charge in [0, 0.05) is 42.5 Å². The fraction of sp³-hybridized carbons (Fsp3) is 0.381. The second-order valence-electron chi connectivity index (χ2n) is 6.42. The highest BCUT2D eigenvalue weighted by atomic mass is 15.3. The van der Waals surface area contributed by atoms with Crippen LogP contribution in [-0.4, -0.2) is 50.9 Å². The molecule has 0 amide bonds. The first kappa shape index (κ1) is 19.8. The van der Waals surface area contributed by atoms with Crippen molar-refractivity contribution in [2.24, 2.45) is 15.0 Å². The highest BCUT2D eigenvalue weighted by Crippen LogP contribution is 2.23. The number of aliphatic imine (C=N–C) groups is 3. The van der Waals surface area contributed by atoms with E-state index < -0.39 is 0 Å². The molecule has 0 atom stereocenters. The SMILES string of the molecule is C=N\C=C/N=C(\C=C(/N=C)c1ccc(N2CCCN(C)C2)cc1)CCC. The molecule has 1 aromatic rings. The van der Waals surface area contributed by atoms with Gasteiger partial charge < -0.3 is 4.90 Å². The topological polar surface area (TPSA) is 43.6 Å². The predicted octanol–water partition coefficient (Wildman–Crippen LogP) is 4.24. The van der Waals surface area contributed by atoms with Crippen LogP contribution in [0.2, 0.25) is 0 Å². The average Bonchev–Trinajstić information content (AvgIpc) is 2.66. The van der Waals surface area contributed by atoms with Crippen molar-refractivity contribution in [1.29, 1.82) is 0 Å². The molecule has 1 aliphatic heterocycles. The van der Waals surface area contributed by atoms with E-state index in [1.54, 1.807) is 12.4 Å². The third kappa shape index (κ3) is 5.77. The lowest BCUT2D eigenvalue weighted by molar-refractivity contribution is 0.292. The first-order chi connectivity index (χ1) is 12.7. The monoisotopic (exact) mass is 351 g/mol. The third-order valence-corrected chi connectivity index (χ3v) is 4.30. The maximum atomic E-state index is 4.44. The molecule has 1 saturated heterocycles. The molecule has 0 unspecified atom stereocenters. The zero-order valence-electron chi connectivity index (χ0n) is 15.9. The lowest BCUT2D eigenvalue weighted by atomic mass is 10.1. The molecular formula is C21H29N5. The molecule has 26 heavy (non-hydrogen) atoms. The van der Waals surface area contributed by atoms with Crippen LogP contribution < -0.4 is 4.90 Å². The number of hydrogen-bond donors (Lipinski definition) is 0. The minimum atomic E-state index is 0.833. The van der Waals surface area contributed by atoms with Gasteiger partial charge in [0.25, 0.3) is 0 Å². The maximum Gasteiger partial charge on any atom is 0.0712 e. The second kappa shape index (κ2) is 10.5. The quantitative estimate of drug-likeness (QED) is 0.658. The van der Waals surface area contributed by atoms with E-state index in [0.717, 1.165) is 49.6 Å². The van der Waals surface area contributed by atoms with Crippen molar-refractivity contribution in [3.05, 3.63) is 48.3 Å². The maximum absolute atomic E-state index is 4.44. The minimum Gasteiger partial charge on any atom is -0.358 e. The molecule has 0 saturated carbocycles. The van der Waals surface area contributed by atoms with Gasteiger partial charge in [-0.3, -0.25) is 19.9 Å². The lowest BCUT2D eigenvalue weighted by Crippen LogP contribution is -2.42. The second-order valence-corrected chi connectivity index (χ2v) is 6.42. The predicted molar refractivity (Wildman–Crippen MR) is 114 cm³/mol. The summed E-state index contributed by atoms with van der Waals surface area (Å²) < 4.78 is 0. The molecule has 138 valence electrons. The van der Waals surface area contributed by atoms with E-state index in [1.807, 2.05) is 6.08 Å². The number of rotatable bonds is 8. The van der Waals surface area contributed by atoms with E-state index in [-0.39, 0.29) is 0 Å². The fourth-order valence-corrected chi connectivity index (χ4v) is 3.00. The van der Waals surface area contributed by atoms with Gasteiger partial charge in [-0.2, -0.15) is 0 Å². The van der Waals surface area contributed by atoms with Gasteiger partial charge in [0.2, 0.25) is 0 Å². The number of allylic oxidation sites excluding steroid dienone is 1. The first-order valence-corrected chi connectivity index (χ1v) is 9.07. The normalized spacial score (nSPS) is 16.9. The molecule has 1 aliphatic rings. The van der Waals surface area contributed by atoms with Crippen LogP contribution in [0.1, 0.15) is 31.7 Å². The van der Waals surface area contributed by atoms with Crippen LogP contribution in [0, 0.1) is 0 Å². The van der Waals surface area contributed by atoms with Crippen molar-refractivity contribution in [3.8, 4) is 0 Å². The van der Waals surface area contributed by atoms with Gasteiger partial charge in [-0.1, -0.05) is 25.5 Å². The smallest absolute Gasteiger partial charge is 0.0712 e. The zero-order valence-corrected chi connectivity index (χ0v) is 15.9. The summed E-state index contributed by atoms with van der Waals surface area (Å²) in [5.41, 5.74) is 4.07. The van der Waals surface area contributed by atoms with Crippen LogP contribution in [0.4, 0.5) is 5.69 Å². The van der Waals surface area contributed by atoms with Gasteiger partial charge in [-0.25, -0.2) is 0 Å². The summed E-state index contributed by atoms with van der Waals surface area (Å²) in [7, 11) is 2.16. The third-order valence-electron chi connectivity index (χ3n) is 4.30. The summed E-state index contributed by atoms with van der Waals surface area (Å²) >= 11 is 0. The molecule has 0 aromatic heterocycles. The largest absolute Gasteiger partial charge is 0.358 e. The van der Waals surface area contributed by atoms with E-state index in [0.29, 0.717) is 0 Å². The molecule has 1 aromatic carbocycles. The van der Waals surface area contributed by atoms with Crippen LogP contribution in [0.15, 0.2) is 57.7 Å². The summed E-state index contributed by atoms with van der Waals surface area (Å²) in [6.45, 7) is 12.5. The van der Waals surface area contributed by atoms with Crippen molar-refractivity contribution < 1.29 is 0 Å². The Morgan fingerprint density at radius 1 is 1.15 bits per heavy atom.